The zero-order valence-electron chi connectivity index (χ0n) is 7.74. The van der Waals surface area contributed by atoms with Crippen LogP contribution >= 0.6 is 0 Å². The van der Waals surface area contributed by atoms with Crippen LogP contribution in [0.1, 0.15) is 6.42 Å². The molecule has 0 saturated heterocycles. The fourth-order valence-electron chi connectivity index (χ4n) is 1.58. The van der Waals surface area contributed by atoms with Crippen LogP contribution in [-0.2, 0) is 26.2 Å². The van der Waals surface area contributed by atoms with Gasteiger partial charge < -0.3 is 34.0 Å². The van der Waals surface area contributed by atoms with Crippen molar-refractivity contribution in [1.82, 2.24) is 0 Å². The van der Waals surface area contributed by atoms with Gasteiger partial charge in [-0.25, -0.2) is 0 Å². The zero-order valence-corrected chi connectivity index (χ0v) is 13.4. The van der Waals surface area contributed by atoms with E-state index in [0.29, 0.717) is 11.8 Å². The van der Waals surface area contributed by atoms with E-state index in [0.717, 1.165) is 0 Å². The number of halogens is 2. The van der Waals surface area contributed by atoms with Gasteiger partial charge in [-0.15, -0.1) is 0 Å². The molecule has 0 radical (unpaired) electrons. The molecule has 3 heteroatoms. The summed E-state index contributed by atoms with van der Waals surface area (Å²) in [6, 6.07) is 0. The predicted octanol–water partition coefficient (Wildman–Crippen LogP) is -3.13. The van der Waals surface area contributed by atoms with Crippen LogP contribution in [0.5, 0.6) is 0 Å². The van der Waals surface area contributed by atoms with Gasteiger partial charge in [-0.2, -0.15) is 0 Å². The number of allylic oxidation sites excluding steroid dienone is 8. The Bertz CT molecular complexity index is 204. The van der Waals surface area contributed by atoms with Crippen LogP contribution in [-0.4, -0.2) is 0 Å². The summed E-state index contributed by atoms with van der Waals surface area (Å²) in [5, 5.41) is 0. The predicted molar refractivity (Wildman–Crippen MR) is 48.2 cm³/mol. The van der Waals surface area contributed by atoms with E-state index in [1.165, 1.54) is 6.42 Å². The molecule has 0 aromatic carbocycles. The topological polar surface area (TPSA) is 0 Å². The normalized spacial score (nSPS) is 17.7. The maximum Gasteiger partial charge on any atom is 2.00 e. The Hall–Kier alpha value is 0.803. The summed E-state index contributed by atoms with van der Waals surface area (Å²) in [6.45, 7) is 0. The molecule has 0 fully saturated rings. The van der Waals surface area contributed by atoms with E-state index in [-0.39, 0.29) is 60.2 Å². The van der Waals surface area contributed by atoms with Gasteiger partial charge in [0.15, 0.2) is 0 Å². The summed E-state index contributed by atoms with van der Waals surface area (Å²) >= 11 is 0. The smallest absolute Gasteiger partial charge is 1.00 e. The summed E-state index contributed by atoms with van der Waals surface area (Å²) in [7, 11) is 0. The fraction of sp³-hybridized carbons (Fsp3) is 0.273. The molecule has 2 aliphatic carbocycles. The third-order valence-corrected chi connectivity index (χ3v) is 2.20. The van der Waals surface area contributed by atoms with Crippen molar-refractivity contribution in [2.24, 2.45) is 11.8 Å². The Labute approximate surface area is 126 Å². The number of hydrogen-bond donors (Lipinski definition) is 0. The minimum Gasteiger partial charge on any atom is -1.00 e. The van der Waals surface area contributed by atoms with Gasteiger partial charge in [0.2, 0.25) is 0 Å². The van der Waals surface area contributed by atoms with Crippen LogP contribution in [0.4, 0.5) is 0 Å². The van der Waals surface area contributed by atoms with Crippen LogP contribution in [0.3, 0.4) is 0 Å². The first-order valence-electron chi connectivity index (χ1n) is 4.15. The minimum atomic E-state index is 0. The third kappa shape index (κ3) is 5.04. The van der Waals surface area contributed by atoms with E-state index in [4.69, 9.17) is 0 Å². The van der Waals surface area contributed by atoms with Gasteiger partial charge in [0.1, 0.15) is 0 Å². The van der Waals surface area contributed by atoms with Gasteiger partial charge >= 0.3 is 26.2 Å². The second-order valence-corrected chi connectivity index (χ2v) is 3.10. The minimum absolute atomic E-state index is 0. The second-order valence-electron chi connectivity index (χ2n) is 3.10. The van der Waals surface area contributed by atoms with E-state index in [2.05, 4.69) is 48.6 Å². The molecule has 0 aliphatic heterocycles. The first-order valence-corrected chi connectivity index (χ1v) is 4.15. The van der Waals surface area contributed by atoms with Gasteiger partial charge in [-0.05, 0) is 18.3 Å². The molecule has 74 valence electrons. The average Bonchev–Trinajstić information content (AvgIpc) is 2.60. The Morgan fingerprint density at radius 1 is 0.643 bits per heavy atom. The Morgan fingerprint density at radius 3 is 1.21 bits per heavy atom. The van der Waals surface area contributed by atoms with E-state index < -0.39 is 0 Å². The van der Waals surface area contributed by atoms with Gasteiger partial charge in [0.25, 0.3) is 0 Å². The second kappa shape index (κ2) is 9.06. The summed E-state index contributed by atoms with van der Waals surface area (Å²) in [4.78, 5) is 0. The molecule has 14 heavy (non-hydrogen) atoms. The first-order chi connectivity index (χ1) is 5.45. The van der Waals surface area contributed by atoms with E-state index >= 15 is 0 Å². The van der Waals surface area contributed by atoms with E-state index in [1.54, 1.807) is 0 Å². The summed E-state index contributed by atoms with van der Waals surface area (Å²) in [5.74, 6) is 1.35. The van der Waals surface area contributed by atoms with Crippen LogP contribution in [0.15, 0.2) is 48.6 Å². The molecule has 0 spiro atoms. The molecule has 0 nitrogen and oxygen atoms in total. The zero-order chi connectivity index (χ0) is 7.52. The molecule has 0 aromatic rings. The summed E-state index contributed by atoms with van der Waals surface area (Å²) in [6.07, 6.45) is 18.8. The SMILES string of the molecule is C1=CC(CC2C=CC=C2)C=C1.[Br-].[Br-].[Zr+2]. The van der Waals surface area contributed by atoms with Crippen molar-refractivity contribution >= 4 is 0 Å². The van der Waals surface area contributed by atoms with Crippen LogP contribution in [0, 0.1) is 11.8 Å². The standard InChI is InChI=1S/C11H12.2BrH.Zr/c1-2-6-10(5-1)9-11-7-3-4-8-11;;;/h1-8,10-11H,9H2;2*1H;/q;;;+2/p-2. The van der Waals surface area contributed by atoms with Crippen molar-refractivity contribution in [3.63, 3.8) is 0 Å². The summed E-state index contributed by atoms with van der Waals surface area (Å²) < 4.78 is 0. The molecule has 0 N–H and O–H groups in total. The van der Waals surface area contributed by atoms with Crippen molar-refractivity contribution in [1.29, 1.82) is 0 Å². The molecule has 2 aliphatic rings. The molecule has 0 atom stereocenters. The van der Waals surface area contributed by atoms with Crippen molar-refractivity contribution in [2.75, 3.05) is 0 Å². The van der Waals surface area contributed by atoms with Crippen LogP contribution in [0.25, 0.3) is 0 Å². The molecular formula is C11H12Br2Zr. The van der Waals surface area contributed by atoms with Gasteiger partial charge in [-0.1, -0.05) is 48.6 Å². The number of rotatable bonds is 2. The maximum atomic E-state index is 2.26. The molecule has 0 amide bonds. The van der Waals surface area contributed by atoms with Gasteiger partial charge in [-0.3, -0.25) is 0 Å². The quantitative estimate of drug-likeness (QED) is 0.464. The molecule has 0 saturated carbocycles. The van der Waals surface area contributed by atoms with Crippen molar-refractivity contribution in [3.05, 3.63) is 48.6 Å². The number of hydrogen-bond acceptors (Lipinski definition) is 0. The Kier molecular flexibility index (Phi) is 11.1. The largest absolute Gasteiger partial charge is 2.00 e. The first kappa shape index (κ1) is 17.2. The molecule has 2 rings (SSSR count). The van der Waals surface area contributed by atoms with Gasteiger partial charge in [0, 0.05) is 0 Å². The molecule has 0 heterocycles. The molecule has 0 bridgehead atoms. The molecule has 0 aromatic heterocycles. The van der Waals surface area contributed by atoms with E-state index in [1.807, 2.05) is 0 Å². The van der Waals surface area contributed by atoms with Crippen LogP contribution in [0.2, 0.25) is 0 Å². The Balaban J connectivity index is 0. The average molecular weight is 395 g/mol. The summed E-state index contributed by atoms with van der Waals surface area (Å²) in [5.41, 5.74) is 0. The van der Waals surface area contributed by atoms with Crippen molar-refractivity contribution < 1.29 is 60.2 Å². The van der Waals surface area contributed by atoms with Crippen LogP contribution < -0.4 is 34.0 Å². The third-order valence-electron chi connectivity index (χ3n) is 2.20. The van der Waals surface area contributed by atoms with Gasteiger partial charge in [0.05, 0.1) is 0 Å². The molecular weight excluding hydrogens is 383 g/mol. The van der Waals surface area contributed by atoms with E-state index in [9.17, 15) is 0 Å². The maximum absolute atomic E-state index is 2.26. The fourth-order valence-corrected chi connectivity index (χ4v) is 1.58. The Morgan fingerprint density at radius 2 is 0.929 bits per heavy atom. The van der Waals surface area contributed by atoms with Crippen molar-refractivity contribution in [3.8, 4) is 0 Å². The monoisotopic (exact) mass is 392 g/mol. The molecule has 0 unspecified atom stereocenters. The van der Waals surface area contributed by atoms with Crippen molar-refractivity contribution in [2.45, 2.75) is 6.42 Å².